The van der Waals surface area contributed by atoms with Gasteiger partial charge >= 0.3 is 0 Å². The van der Waals surface area contributed by atoms with E-state index in [1.54, 1.807) is 26.0 Å². The first kappa shape index (κ1) is 37.5. The number of ether oxygens (including phenoxy) is 1. The molecule has 16 heteroatoms. The van der Waals surface area contributed by atoms with E-state index in [1.807, 2.05) is 24.3 Å². The number of carbonyl (C=O) groups is 4. The highest BCUT2D eigenvalue weighted by Crippen LogP contribution is 2.35. The Morgan fingerprint density at radius 1 is 1.06 bits per heavy atom. The molecule has 15 nitrogen and oxygen atoms in total. The third-order valence-electron chi connectivity index (χ3n) is 10.7. The Balaban J connectivity index is 1.36. The lowest BCUT2D eigenvalue weighted by Crippen LogP contribution is -2.64. The Labute approximate surface area is 302 Å². The van der Waals surface area contributed by atoms with Gasteiger partial charge in [-0.2, -0.15) is 4.72 Å². The van der Waals surface area contributed by atoms with E-state index in [0.717, 1.165) is 42.9 Å². The minimum atomic E-state index is -4.22. The number of Topliss-reactive ketones (excluding diaryl/α,β-unsaturated/α-hetero) is 1. The number of nitrogens with two attached hydrogens (primary N) is 1. The van der Waals surface area contributed by atoms with Gasteiger partial charge in [0.2, 0.25) is 27.6 Å². The largest absolute Gasteiger partial charge is 0.384 e. The van der Waals surface area contributed by atoms with E-state index in [4.69, 9.17) is 10.5 Å². The molecule has 6 rings (SSSR count). The molecule has 280 valence electrons. The number of sulfonamides is 1. The molecule has 0 bridgehead atoms. The smallest absolute Gasteiger partial charge is 0.287 e. The number of rotatable bonds is 12. The third kappa shape index (κ3) is 7.89. The van der Waals surface area contributed by atoms with Crippen LogP contribution in [0.15, 0.2) is 53.6 Å². The van der Waals surface area contributed by atoms with Gasteiger partial charge < -0.3 is 25.8 Å². The zero-order valence-corrected chi connectivity index (χ0v) is 30.3. The van der Waals surface area contributed by atoms with E-state index in [1.165, 1.54) is 21.8 Å². The molecule has 1 saturated carbocycles. The molecule has 1 aromatic heterocycles. The second-order valence-corrected chi connectivity index (χ2v) is 16.5. The number of primary amides is 1. The van der Waals surface area contributed by atoms with Crippen molar-refractivity contribution < 1.29 is 37.4 Å². The van der Waals surface area contributed by atoms with Gasteiger partial charge in [0.25, 0.3) is 5.91 Å². The van der Waals surface area contributed by atoms with E-state index in [0.29, 0.717) is 5.69 Å². The molecule has 1 aliphatic carbocycles. The van der Waals surface area contributed by atoms with Gasteiger partial charge in [0.1, 0.15) is 23.2 Å². The Bertz CT molecular complexity index is 1930. The van der Waals surface area contributed by atoms with Crippen molar-refractivity contribution in [3.63, 3.8) is 0 Å². The summed E-state index contributed by atoms with van der Waals surface area (Å²) in [6.45, 7) is 3.27. The van der Waals surface area contributed by atoms with Crippen LogP contribution in [0.2, 0.25) is 0 Å². The van der Waals surface area contributed by atoms with Gasteiger partial charge in [-0.25, -0.2) is 13.1 Å². The monoisotopic (exact) mass is 737 g/mol. The molecular weight excluding hydrogens is 691 g/mol. The second kappa shape index (κ2) is 15.0. The molecule has 2 saturated heterocycles. The van der Waals surface area contributed by atoms with Gasteiger partial charge in [-0.1, -0.05) is 67.6 Å². The third-order valence-corrected chi connectivity index (χ3v) is 12.2. The van der Waals surface area contributed by atoms with E-state index >= 15 is 0 Å². The maximum atomic E-state index is 14.8. The van der Waals surface area contributed by atoms with E-state index in [-0.39, 0.29) is 56.3 Å². The molecule has 2 aliphatic heterocycles. The number of carbonyl (C=O) groups excluding carboxylic acids is 4. The van der Waals surface area contributed by atoms with Crippen LogP contribution < -0.4 is 15.8 Å². The Morgan fingerprint density at radius 2 is 1.75 bits per heavy atom. The summed E-state index contributed by atoms with van der Waals surface area (Å²) in [4.78, 5) is 55.7. The quantitative estimate of drug-likeness (QED) is 0.198. The molecule has 3 fully saturated rings. The van der Waals surface area contributed by atoms with Gasteiger partial charge in [-0.05, 0) is 49.1 Å². The zero-order chi connectivity index (χ0) is 37.3. The van der Waals surface area contributed by atoms with Crippen molar-refractivity contribution in [1.29, 1.82) is 0 Å². The predicted octanol–water partition coefficient (Wildman–Crippen LogP) is 1.84. The molecule has 2 aromatic carbocycles. The molecule has 0 spiro atoms. The van der Waals surface area contributed by atoms with Crippen molar-refractivity contribution in [2.75, 3.05) is 19.8 Å². The van der Waals surface area contributed by atoms with Gasteiger partial charge in [-0.3, -0.25) is 19.2 Å². The number of likely N-dealkylation sites (tertiary alicyclic amines) is 1. The number of aliphatic hydroxyl groups is 1. The fraction of sp³-hybridized carbons (Fsp3) is 0.556. The van der Waals surface area contributed by atoms with Gasteiger partial charge in [0.05, 0.1) is 22.8 Å². The maximum Gasteiger partial charge on any atom is 0.287 e. The first-order valence-corrected chi connectivity index (χ1v) is 19.4. The van der Waals surface area contributed by atoms with Crippen LogP contribution in [0.4, 0.5) is 0 Å². The normalized spacial score (nSPS) is 21.9. The number of amides is 3. The van der Waals surface area contributed by atoms with Crippen LogP contribution in [0.5, 0.6) is 0 Å². The van der Waals surface area contributed by atoms with Gasteiger partial charge in [0.15, 0.2) is 0 Å². The highest BCUT2D eigenvalue weighted by molar-refractivity contribution is 7.89. The lowest BCUT2D eigenvalue weighted by atomic mass is 9.84. The molecule has 0 radical (unpaired) electrons. The Hall–Kier alpha value is -4.25. The number of nitrogens with one attached hydrogen (secondary N) is 2. The summed E-state index contributed by atoms with van der Waals surface area (Å²) >= 11 is 0. The van der Waals surface area contributed by atoms with Crippen LogP contribution in [0, 0.1) is 5.92 Å². The molecule has 3 aromatic rings. The topological polar surface area (TPSA) is 216 Å². The zero-order valence-electron chi connectivity index (χ0n) is 29.5. The van der Waals surface area contributed by atoms with Crippen LogP contribution in [-0.4, -0.2) is 94.3 Å². The van der Waals surface area contributed by atoms with Crippen molar-refractivity contribution in [2.24, 2.45) is 11.7 Å². The average molecular weight is 738 g/mol. The van der Waals surface area contributed by atoms with E-state index in [2.05, 4.69) is 20.4 Å². The number of ketones is 1. The van der Waals surface area contributed by atoms with Crippen molar-refractivity contribution in [2.45, 2.75) is 106 Å². The highest BCUT2D eigenvalue weighted by atomic mass is 32.2. The van der Waals surface area contributed by atoms with E-state index < -0.39 is 62.8 Å². The minimum absolute atomic E-state index is 0.00472. The number of hydrogen-bond donors (Lipinski definition) is 4. The van der Waals surface area contributed by atoms with Crippen LogP contribution in [0.25, 0.3) is 10.8 Å². The molecule has 3 heterocycles. The fourth-order valence-electron chi connectivity index (χ4n) is 7.86. The second-order valence-electron chi connectivity index (χ2n) is 14.8. The molecule has 5 N–H and O–H groups in total. The number of aromatic nitrogens is 3. The van der Waals surface area contributed by atoms with Crippen molar-refractivity contribution in [1.82, 2.24) is 29.9 Å². The Morgan fingerprint density at radius 3 is 2.42 bits per heavy atom. The first-order valence-electron chi connectivity index (χ1n) is 17.9. The molecule has 3 atom stereocenters. The SMILES string of the molecule is CC(C)(O)c1cnnn1[C@H]1C[C@@H](C(=O)NC2(C(=O)C(N)=O)CCOCC2)N(C(=O)[C@@H](CC2CCCCC2)NS(=O)(=O)c2ccc3ccccc3c2)C1. The molecule has 0 unspecified atom stereocenters. The molecular formula is C36H47N7O8S. The average Bonchev–Trinajstić information content (AvgIpc) is 3.80. The predicted molar refractivity (Wildman–Crippen MR) is 189 cm³/mol. The number of benzene rings is 2. The van der Waals surface area contributed by atoms with Crippen LogP contribution in [0.3, 0.4) is 0 Å². The molecule has 3 aliphatic rings. The minimum Gasteiger partial charge on any atom is -0.384 e. The van der Waals surface area contributed by atoms with Crippen molar-refractivity contribution >= 4 is 44.3 Å². The number of nitrogens with zero attached hydrogens (tertiary/aromatic N) is 4. The maximum absolute atomic E-state index is 14.8. The van der Waals surface area contributed by atoms with Crippen molar-refractivity contribution in [3.05, 3.63) is 54.4 Å². The van der Waals surface area contributed by atoms with E-state index in [9.17, 15) is 32.7 Å². The van der Waals surface area contributed by atoms with Gasteiger partial charge in [0, 0.05) is 39.0 Å². The summed E-state index contributed by atoms with van der Waals surface area (Å²) in [6, 6.07) is 9.08. The van der Waals surface area contributed by atoms with Crippen LogP contribution in [0.1, 0.15) is 83.4 Å². The van der Waals surface area contributed by atoms with Gasteiger partial charge in [-0.15, -0.1) is 5.10 Å². The van der Waals surface area contributed by atoms with Crippen LogP contribution >= 0.6 is 0 Å². The van der Waals surface area contributed by atoms with Crippen LogP contribution in [-0.2, 0) is 39.5 Å². The summed E-state index contributed by atoms with van der Waals surface area (Å²) in [6.07, 6.45) is 6.31. The summed E-state index contributed by atoms with van der Waals surface area (Å²) in [5, 5.41) is 23.4. The lowest BCUT2D eigenvalue weighted by Gasteiger charge is -2.37. The molecule has 52 heavy (non-hydrogen) atoms. The summed E-state index contributed by atoms with van der Waals surface area (Å²) in [5.41, 5.74) is 2.78. The summed E-state index contributed by atoms with van der Waals surface area (Å²) < 4.78 is 37.6. The summed E-state index contributed by atoms with van der Waals surface area (Å²) in [5.74, 6) is -3.40. The fourth-order valence-corrected chi connectivity index (χ4v) is 9.10. The lowest BCUT2D eigenvalue weighted by molar-refractivity contribution is -0.147. The number of hydrogen-bond acceptors (Lipinski definition) is 10. The standard InChI is InChI=1S/C36H47N7O8S/c1-35(2,48)30-21-38-41-43(30)26-20-29(33(46)39-36(31(44)32(37)45)14-16-51-17-15-36)42(22-26)34(47)28(18-23-8-4-3-5-9-23)40-52(49,50)27-13-12-24-10-6-7-11-25(24)19-27/h6-7,10-13,19,21,23,26,28-29,40,48H,3-5,8-9,14-18,20,22H2,1-2H3,(H2,37,45)(H,39,46)/t26-,28+,29-/m0/s1. The van der Waals surface area contributed by atoms with Crippen molar-refractivity contribution in [3.8, 4) is 0 Å². The number of fused-ring (bicyclic) bond motifs is 1. The summed E-state index contributed by atoms with van der Waals surface area (Å²) in [7, 11) is -4.22. The Kier molecular flexibility index (Phi) is 10.8. The highest BCUT2D eigenvalue weighted by Gasteiger charge is 2.49. The first-order chi connectivity index (χ1) is 24.7. The molecule has 3 amide bonds.